The van der Waals surface area contributed by atoms with Gasteiger partial charge >= 0.3 is 0 Å². The van der Waals surface area contributed by atoms with E-state index in [0.717, 1.165) is 12.3 Å². The van der Waals surface area contributed by atoms with Crippen molar-refractivity contribution in [3.63, 3.8) is 0 Å². The summed E-state index contributed by atoms with van der Waals surface area (Å²) >= 11 is 0. The number of aryl methyl sites for hydroxylation is 1. The highest BCUT2D eigenvalue weighted by molar-refractivity contribution is 5.23. The third-order valence-corrected chi connectivity index (χ3v) is 7.11. The lowest BCUT2D eigenvalue weighted by molar-refractivity contribution is 0.532. The van der Waals surface area contributed by atoms with Gasteiger partial charge < -0.3 is 0 Å². The van der Waals surface area contributed by atoms with Crippen LogP contribution in [0.5, 0.6) is 0 Å². The predicted molar refractivity (Wildman–Crippen MR) is 146 cm³/mol. The summed E-state index contributed by atoms with van der Waals surface area (Å²) in [6.45, 7) is 6.96. The molecule has 1 aromatic carbocycles. The molecule has 0 aromatic heterocycles. The summed E-state index contributed by atoms with van der Waals surface area (Å²) in [4.78, 5) is 0. The Kier molecular flexibility index (Phi) is 20.1. The van der Waals surface area contributed by atoms with Gasteiger partial charge in [-0.1, -0.05) is 161 Å². The first-order valence-corrected chi connectivity index (χ1v) is 14.7. The smallest absolute Gasteiger partial charge is 0.0245 e. The molecule has 1 rings (SSSR count). The van der Waals surface area contributed by atoms with Gasteiger partial charge in [0.25, 0.3) is 0 Å². The summed E-state index contributed by atoms with van der Waals surface area (Å²) < 4.78 is 0. The van der Waals surface area contributed by atoms with E-state index in [9.17, 15) is 0 Å². The molecule has 0 aliphatic rings. The number of hydrogen-bond donors (Lipinski definition) is 0. The van der Waals surface area contributed by atoms with E-state index >= 15 is 0 Å². The summed E-state index contributed by atoms with van der Waals surface area (Å²) in [5.74, 6) is 0.751. The van der Waals surface area contributed by atoms with Crippen molar-refractivity contribution in [2.75, 3.05) is 0 Å². The zero-order valence-electron chi connectivity index (χ0n) is 22.3. The van der Waals surface area contributed by atoms with Gasteiger partial charge in [-0.15, -0.1) is 0 Å². The SMILES string of the molecule is CCCCCCCCCCCCCCCCCc1ccc(C[CH]C(C)CCCCC)cc1. The lowest BCUT2D eigenvalue weighted by atomic mass is 9.95. The quantitative estimate of drug-likeness (QED) is 0.148. The number of hydrogen-bond acceptors (Lipinski definition) is 0. The van der Waals surface area contributed by atoms with Crippen molar-refractivity contribution >= 4 is 0 Å². The molecule has 0 saturated heterocycles. The second-order valence-electron chi connectivity index (χ2n) is 10.4. The highest BCUT2D eigenvalue weighted by Crippen LogP contribution is 2.17. The van der Waals surface area contributed by atoms with E-state index < -0.39 is 0 Å². The Bertz CT molecular complexity index is 485. The second kappa shape index (κ2) is 22.0. The molecular weight excluding hydrogens is 384 g/mol. The van der Waals surface area contributed by atoms with Crippen LogP contribution in [-0.4, -0.2) is 0 Å². The Balaban J connectivity index is 1.91. The molecule has 0 fully saturated rings. The minimum absolute atomic E-state index is 0.751. The number of unbranched alkanes of at least 4 members (excludes halogenated alkanes) is 16. The predicted octanol–water partition coefficient (Wildman–Crippen LogP) is 11.1. The summed E-state index contributed by atoms with van der Waals surface area (Å²) in [7, 11) is 0. The highest BCUT2D eigenvalue weighted by Gasteiger charge is 2.03. The molecule has 0 bridgehead atoms. The molecule has 0 aliphatic carbocycles. The molecule has 32 heavy (non-hydrogen) atoms. The maximum Gasteiger partial charge on any atom is -0.0245 e. The fourth-order valence-corrected chi connectivity index (χ4v) is 4.71. The van der Waals surface area contributed by atoms with Gasteiger partial charge in [-0.05, 0) is 42.7 Å². The zero-order chi connectivity index (χ0) is 23.1. The van der Waals surface area contributed by atoms with Gasteiger partial charge in [0, 0.05) is 0 Å². The van der Waals surface area contributed by atoms with Crippen LogP contribution >= 0.6 is 0 Å². The molecule has 1 radical (unpaired) electrons. The Morgan fingerprint density at radius 3 is 1.44 bits per heavy atom. The Morgan fingerprint density at radius 1 is 0.531 bits per heavy atom. The first kappa shape index (κ1) is 29.3. The molecule has 1 atom stereocenters. The van der Waals surface area contributed by atoms with Crippen LogP contribution in [0.2, 0.25) is 0 Å². The van der Waals surface area contributed by atoms with Gasteiger partial charge in [-0.25, -0.2) is 0 Å². The summed E-state index contributed by atoms with van der Waals surface area (Å²) in [6.07, 6.45) is 32.0. The first-order valence-electron chi connectivity index (χ1n) is 14.7. The van der Waals surface area contributed by atoms with E-state index in [4.69, 9.17) is 0 Å². The van der Waals surface area contributed by atoms with E-state index in [2.05, 4.69) is 51.5 Å². The molecule has 0 saturated carbocycles. The van der Waals surface area contributed by atoms with Gasteiger partial charge in [0.1, 0.15) is 0 Å². The van der Waals surface area contributed by atoms with Gasteiger partial charge in [0.15, 0.2) is 0 Å². The molecule has 0 nitrogen and oxygen atoms in total. The normalized spacial score (nSPS) is 12.3. The molecule has 0 heterocycles. The van der Waals surface area contributed by atoms with Crippen LogP contribution in [0.15, 0.2) is 24.3 Å². The van der Waals surface area contributed by atoms with Gasteiger partial charge in [-0.2, -0.15) is 0 Å². The lowest BCUT2D eigenvalue weighted by Gasteiger charge is -2.11. The molecular formula is C32H57. The van der Waals surface area contributed by atoms with E-state index in [-0.39, 0.29) is 0 Å². The standard InChI is InChI=1S/C32H57/c1-4-6-8-9-10-11-12-13-14-15-16-17-18-19-21-23-31-26-28-32(29-27-31)25-24-30(3)22-20-7-5-2/h24,26-30H,4-23,25H2,1-3H3. The van der Waals surface area contributed by atoms with Crippen LogP contribution in [0, 0.1) is 12.3 Å². The van der Waals surface area contributed by atoms with Crippen molar-refractivity contribution in [3.05, 3.63) is 41.8 Å². The Morgan fingerprint density at radius 2 is 0.938 bits per heavy atom. The van der Waals surface area contributed by atoms with Crippen molar-refractivity contribution in [1.29, 1.82) is 0 Å². The van der Waals surface area contributed by atoms with Crippen molar-refractivity contribution in [1.82, 2.24) is 0 Å². The summed E-state index contributed by atoms with van der Waals surface area (Å²) in [5.41, 5.74) is 3.01. The monoisotopic (exact) mass is 441 g/mol. The van der Waals surface area contributed by atoms with Crippen molar-refractivity contribution in [2.24, 2.45) is 5.92 Å². The summed E-state index contributed by atoms with van der Waals surface area (Å²) in [5, 5.41) is 0. The zero-order valence-corrected chi connectivity index (χ0v) is 22.3. The van der Waals surface area contributed by atoms with Crippen LogP contribution in [0.4, 0.5) is 0 Å². The summed E-state index contributed by atoms with van der Waals surface area (Å²) in [6, 6.07) is 9.45. The van der Waals surface area contributed by atoms with E-state index in [1.165, 1.54) is 140 Å². The van der Waals surface area contributed by atoms with E-state index in [1.807, 2.05) is 0 Å². The molecule has 1 unspecified atom stereocenters. The van der Waals surface area contributed by atoms with Crippen molar-refractivity contribution in [2.45, 2.75) is 156 Å². The number of rotatable bonds is 23. The van der Waals surface area contributed by atoms with Gasteiger partial charge in [-0.3, -0.25) is 0 Å². The fraction of sp³-hybridized carbons (Fsp3) is 0.781. The topological polar surface area (TPSA) is 0 Å². The maximum absolute atomic E-state index is 2.51. The third-order valence-electron chi connectivity index (χ3n) is 7.11. The van der Waals surface area contributed by atoms with Crippen molar-refractivity contribution in [3.8, 4) is 0 Å². The van der Waals surface area contributed by atoms with Gasteiger partial charge in [0.2, 0.25) is 0 Å². The second-order valence-corrected chi connectivity index (χ2v) is 10.4. The fourth-order valence-electron chi connectivity index (χ4n) is 4.71. The van der Waals surface area contributed by atoms with E-state index in [0.29, 0.717) is 0 Å². The van der Waals surface area contributed by atoms with Crippen molar-refractivity contribution < 1.29 is 0 Å². The lowest BCUT2D eigenvalue weighted by Crippen LogP contribution is -1.99. The average molecular weight is 442 g/mol. The average Bonchev–Trinajstić information content (AvgIpc) is 2.81. The van der Waals surface area contributed by atoms with Crippen LogP contribution in [0.3, 0.4) is 0 Å². The largest absolute Gasteiger partial charge is 0.0654 e. The minimum Gasteiger partial charge on any atom is -0.0654 e. The molecule has 0 heteroatoms. The number of benzene rings is 1. The Hall–Kier alpha value is -0.780. The van der Waals surface area contributed by atoms with Crippen LogP contribution < -0.4 is 0 Å². The highest BCUT2D eigenvalue weighted by atomic mass is 14.1. The minimum atomic E-state index is 0.751. The molecule has 0 amide bonds. The van der Waals surface area contributed by atoms with Crippen LogP contribution in [0.1, 0.15) is 154 Å². The van der Waals surface area contributed by atoms with Crippen LogP contribution in [0.25, 0.3) is 0 Å². The third kappa shape index (κ3) is 17.7. The molecule has 0 spiro atoms. The first-order chi connectivity index (χ1) is 15.8. The maximum atomic E-state index is 2.51. The van der Waals surface area contributed by atoms with E-state index in [1.54, 1.807) is 0 Å². The molecule has 0 aliphatic heterocycles. The Labute approximate surface area is 203 Å². The molecule has 1 aromatic rings. The van der Waals surface area contributed by atoms with Crippen LogP contribution in [-0.2, 0) is 12.8 Å². The molecule has 0 N–H and O–H groups in total. The molecule has 185 valence electrons. The van der Waals surface area contributed by atoms with Gasteiger partial charge in [0.05, 0.1) is 0 Å².